The molecule has 0 bridgehead atoms. The Balaban J connectivity index is 0.000000409. The van der Waals surface area contributed by atoms with E-state index in [1.165, 1.54) is 5.39 Å². The Morgan fingerprint density at radius 3 is 2.76 bits per heavy atom. The minimum Gasteiger partial charge on any atom is -0.402 e. The summed E-state index contributed by atoms with van der Waals surface area (Å²) in [6.07, 6.45) is 3.79. The van der Waals surface area contributed by atoms with Crippen molar-refractivity contribution >= 4 is 16.6 Å². The second kappa shape index (κ2) is 13.9. The smallest absolute Gasteiger partial charge is 0.163 e. The standard InChI is InChI=1S/C17H27N5O.C12H14N2.2H2/c1-3-4-7-21-17(23)22-9-6-15(18)14(11-22)16(19)13-5-8-20-12(2)10-13;1-14(2)9-11-8-7-10-5-3-4-6-12(10)13-11;;/h5,8,10,17,19,21,23H,3-4,6-7,9,11,18H2,1-2H3;3-8H,9H2,1-2H3;2*1H. The lowest BCUT2D eigenvalue weighted by molar-refractivity contribution is -0.0180. The molecule has 202 valence electrons. The van der Waals surface area contributed by atoms with Gasteiger partial charge in [-0.15, -0.1) is 0 Å². The van der Waals surface area contributed by atoms with Crippen LogP contribution in [0.15, 0.2) is 66.0 Å². The highest BCUT2D eigenvalue weighted by Gasteiger charge is 2.25. The monoisotopic (exact) mass is 507 g/mol. The zero-order valence-electron chi connectivity index (χ0n) is 22.5. The van der Waals surface area contributed by atoms with Crippen molar-refractivity contribution in [2.45, 2.75) is 46.0 Å². The van der Waals surface area contributed by atoms with Crippen LogP contribution in [0.3, 0.4) is 0 Å². The van der Waals surface area contributed by atoms with Crippen LogP contribution in [0.25, 0.3) is 10.9 Å². The Labute approximate surface area is 223 Å². The van der Waals surface area contributed by atoms with Gasteiger partial charge in [-0.1, -0.05) is 37.6 Å². The average molecular weight is 508 g/mol. The topological polar surface area (TPSA) is 114 Å². The molecule has 1 atom stereocenters. The van der Waals surface area contributed by atoms with Crippen molar-refractivity contribution in [1.29, 1.82) is 5.41 Å². The number of fused-ring (bicyclic) bond motifs is 1. The number of nitrogens with two attached hydrogens (primary N) is 1. The van der Waals surface area contributed by atoms with Crippen LogP contribution in [-0.2, 0) is 6.54 Å². The number of unbranched alkanes of at least 4 members (excludes halogenated alkanes) is 1. The zero-order chi connectivity index (χ0) is 26.8. The van der Waals surface area contributed by atoms with E-state index in [9.17, 15) is 5.11 Å². The van der Waals surface area contributed by atoms with Crippen molar-refractivity contribution in [2.24, 2.45) is 5.73 Å². The Hall–Kier alpha value is -3.17. The molecule has 8 nitrogen and oxygen atoms in total. The van der Waals surface area contributed by atoms with E-state index in [0.29, 0.717) is 25.2 Å². The van der Waals surface area contributed by atoms with E-state index < -0.39 is 6.35 Å². The molecule has 2 aromatic heterocycles. The molecule has 1 unspecified atom stereocenters. The van der Waals surface area contributed by atoms with E-state index >= 15 is 0 Å². The highest BCUT2D eigenvalue weighted by Crippen LogP contribution is 2.20. The van der Waals surface area contributed by atoms with Crippen molar-refractivity contribution in [2.75, 3.05) is 33.7 Å². The summed E-state index contributed by atoms with van der Waals surface area (Å²) in [6.45, 7) is 6.87. The molecule has 0 aliphatic carbocycles. The fourth-order valence-electron chi connectivity index (χ4n) is 4.18. The fraction of sp³-hybridized carbons (Fsp3) is 0.414. The number of pyridine rings is 2. The Morgan fingerprint density at radius 1 is 1.24 bits per heavy atom. The molecule has 4 rings (SSSR count). The first-order valence-corrected chi connectivity index (χ1v) is 12.9. The summed E-state index contributed by atoms with van der Waals surface area (Å²) >= 11 is 0. The number of aliphatic hydroxyl groups is 1. The van der Waals surface area contributed by atoms with Gasteiger partial charge in [-0.2, -0.15) is 0 Å². The van der Waals surface area contributed by atoms with Gasteiger partial charge in [0.1, 0.15) is 0 Å². The number of hydrogen-bond donors (Lipinski definition) is 4. The summed E-state index contributed by atoms with van der Waals surface area (Å²) in [6, 6.07) is 16.1. The number of nitrogens with one attached hydrogen (secondary N) is 2. The second-order valence-corrected chi connectivity index (χ2v) is 9.70. The van der Waals surface area contributed by atoms with Gasteiger partial charge in [-0.25, -0.2) is 0 Å². The fourth-order valence-corrected chi connectivity index (χ4v) is 4.18. The van der Waals surface area contributed by atoms with E-state index in [0.717, 1.165) is 59.7 Å². The second-order valence-electron chi connectivity index (χ2n) is 9.70. The SMILES string of the molecule is CCCCNC(O)N1CCC(N)=C(C(=N)c2ccnc(C)c2)C1.CN(C)Cc1ccc2ccccc2n1.[HH].[HH]. The number of rotatable bonds is 9. The summed E-state index contributed by atoms with van der Waals surface area (Å²) in [4.78, 5) is 12.8. The first-order valence-electron chi connectivity index (χ1n) is 12.9. The van der Waals surface area contributed by atoms with Crippen LogP contribution in [-0.4, -0.2) is 70.7 Å². The molecule has 3 heterocycles. The summed E-state index contributed by atoms with van der Waals surface area (Å²) in [5.74, 6) is 0. The van der Waals surface area contributed by atoms with Gasteiger partial charge in [0.05, 0.1) is 16.9 Å². The van der Waals surface area contributed by atoms with Crippen LogP contribution in [0.1, 0.15) is 46.0 Å². The quantitative estimate of drug-likeness (QED) is 0.196. The molecule has 0 fully saturated rings. The number of para-hydroxylation sites is 1. The minimum absolute atomic E-state index is 0. The maximum atomic E-state index is 10.3. The first-order chi connectivity index (χ1) is 17.8. The minimum atomic E-state index is -0.698. The van der Waals surface area contributed by atoms with Crippen molar-refractivity contribution < 1.29 is 7.96 Å². The number of aliphatic hydroxyl groups excluding tert-OH is 1. The molecule has 1 aromatic carbocycles. The van der Waals surface area contributed by atoms with Gasteiger partial charge in [-0.05, 0) is 58.3 Å². The van der Waals surface area contributed by atoms with E-state index in [4.69, 9.17) is 11.1 Å². The lowest BCUT2D eigenvalue weighted by atomic mass is 9.97. The summed E-state index contributed by atoms with van der Waals surface area (Å²) in [5, 5.41) is 23.0. The van der Waals surface area contributed by atoms with E-state index in [1.807, 2.05) is 36.1 Å². The van der Waals surface area contributed by atoms with Gasteiger partial charge in [0.15, 0.2) is 6.35 Å². The predicted molar refractivity (Wildman–Crippen MR) is 155 cm³/mol. The molecular formula is C29H45N7O. The van der Waals surface area contributed by atoms with E-state index in [2.05, 4.69) is 65.5 Å². The third kappa shape index (κ3) is 8.43. The number of nitrogens with zero attached hydrogens (tertiary/aromatic N) is 4. The molecule has 0 saturated heterocycles. The number of hydrogen-bond acceptors (Lipinski definition) is 8. The molecule has 37 heavy (non-hydrogen) atoms. The van der Waals surface area contributed by atoms with Crippen molar-refractivity contribution in [1.82, 2.24) is 25.1 Å². The normalized spacial score (nSPS) is 15.0. The van der Waals surface area contributed by atoms with Crippen molar-refractivity contribution in [3.63, 3.8) is 0 Å². The first kappa shape index (κ1) is 28.4. The Bertz CT molecular complexity index is 1220. The lowest BCUT2D eigenvalue weighted by Gasteiger charge is -2.33. The molecule has 0 amide bonds. The molecule has 0 radical (unpaired) electrons. The maximum Gasteiger partial charge on any atom is 0.163 e. The van der Waals surface area contributed by atoms with Crippen molar-refractivity contribution in [3.05, 3.63) is 82.9 Å². The highest BCUT2D eigenvalue weighted by molar-refractivity contribution is 6.11. The van der Waals surface area contributed by atoms with Crippen LogP contribution in [0, 0.1) is 12.3 Å². The number of aromatic nitrogens is 2. The van der Waals surface area contributed by atoms with Crippen LogP contribution < -0.4 is 11.1 Å². The van der Waals surface area contributed by atoms with E-state index in [-0.39, 0.29) is 2.85 Å². The summed E-state index contributed by atoms with van der Waals surface area (Å²) in [7, 11) is 4.10. The lowest BCUT2D eigenvalue weighted by Crippen LogP contribution is -2.50. The Morgan fingerprint density at radius 2 is 2.03 bits per heavy atom. The van der Waals surface area contributed by atoms with Gasteiger partial charge >= 0.3 is 0 Å². The summed E-state index contributed by atoms with van der Waals surface area (Å²) in [5.41, 5.74) is 12.0. The molecule has 0 saturated carbocycles. The third-order valence-corrected chi connectivity index (χ3v) is 6.24. The molecule has 1 aliphatic rings. The van der Waals surface area contributed by atoms with Gasteiger partial charge in [-0.3, -0.25) is 25.6 Å². The van der Waals surface area contributed by atoms with Gasteiger partial charge in [0, 0.05) is 63.0 Å². The van der Waals surface area contributed by atoms with Crippen LogP contribution >= 0.6 is 0 Å². The molecule has 0 spiro atoms. The summed E-state index contributed by atoms with van der Waals surface area (Å²) < 4.78 is 0. The largest absolute Gasteiger partial charge is 0.402 e. The predicted octanol–water partition coefficient (Wildman–Crippen LogP) is 4.13. The van der Waals surface area contributed by atoms with Gasteiger partial charge in [0.2, 0.25) is 0 Å². The number of benzene rings is 1. The van der Waals surface area contributed by atoms with E-state index in [1.54, 1.807) is 6.20 Å². The zero-order valence-corrected chi connectivity index (χ0v) is 22.5. The highest BCUT2D eigenvalue weighted by atomic mass is 16.3. The maximum absolute atomic E-state index is 10.3. The van der Waals surface area contributed by atoms with Gasteiger partial charge in [0.25, 0.3) is 0 Å². The van der Waals surface area contributed by atoms with Crippen LogP contribution in [0.5, 0.6) is 0 Å². The molecular weight excluding hydrogens is 462 g/mol. The molecule has 8 heteroatoms. The molecule has 5 N–H and O–H groups in total. The van der Waals surface area contributed by atoms with Crippen LogP contribution in [0.4, 0.5) is 0 Å². The van der Waals surface area contributed by atoms with Crippen molar-refractivity contribution in [3.8, 4) is 0 Å². The molecule has 3 aromatic rings. The average Bonchev–Trinajstić information content (AvgIpc) is 2.88. The third-order valence-electron chi connectivity index (χ3n) is 6.24. The van der Waals surface area contributed by atoms with Gasteiger partial charge < -0.3 is 15.7 Å². The number of aryl methyl sites for hydroxylation is 1. The molecule has 1 aliphatic heterocycles. The van der Waals surface area contributed by atoms with Crippen LogP contribution in [0.2, 0.25) is 0 Å². The Kier molecular flexibility index (Phi) is 10.7.